The Balaban J connectivity index is 1.48. The average molecular weight is 828 g/mol. The molecule has 4 aliphatic rings. The number of amides is 1. The Morgan fingerprint density at radius 1 is 1.05 bits per heavy atom. The number of likely N-dealkylation sites (N-methyl/N-ethyl adjacent to an activating group) is 1. The fourth-order valence-corrected chi connectivity index (χ4v) is 9.22. The molecule has 4 bridgehead atoms. The molecule has 6 rings (SSSR count). The van der Waals surface area contributed by atoms with Crippen LogP contribution in [-0.4, -0.2) is 151 Å². The number of ketones is 1. The summed E-state index contributed by atoms with van der Waals surface area (Å²) in [6.07, 6.45) is -1.36. The van der Waals surface area contributed by atoms with E-state index in [0.717, 1.165) is 0 Å². The number of imidazole rings is 1. The molecule has 59 heavy (non-hydrogen) atoms. The normalized spacial score (nSPS) is 40.1. The van der Waals surface area contributed by atoms with Crippen LogP contribution in [0.4, 0.5) is 0 Å². The first-order valence-electron chi connectivity index (χ1n) is 20.7. The van der Waals surface area contributed by atoms with Crippen molar-refractivity contribution in [2.24, 2.45) is 33.8 Å². The molecule has 0 radical (unpaired) electrons. The fourth-order valence-electron chi connectivity index (χ4n) is 9.22. The molecular formula is C41H61N7O11. The number of aliphatic hydroxyl groups excluding tert-OH is 1. The fraction of sp³-hybridized carbons (Fsp3) is 0.756. The molecule has 0 aliphatic carbocycles. The molecule has 2 N–H and O–H groups in total. The zero-order valence-electron chi connectivity index (χ0n) is 35.8. The van der Waals surface area contributed by atoms with Crippen LogP contribution in [-0.2, 0) is 49.5 Å². The minimum absolute atomic E-state index is 0.144. The molecule has 326 valence electrons. The number of aromatic nitrogens is 4. The highest BCUT2D eigenvalue weighted by molar-refractivity contribution is 6.01. The average Bonchev–Trinajstić information content (AvgIpc) is 3.60. The highest BCUT2D eigenvalue weighted by atomic mass is 16.7. The van der Waals surface area contributed by atoms with Gasteiger partial charge in [0.1, 0.15) is 41.3 Å². The van der Waals surface area contributed by atoms with Crippen molar-refractivity contribution in [3.63, 3.8) is 0 Å². The van der Waals surface area contributed by atoms with E-state index in [-0.39, 0.29) is 50.3 Å². The summed E-state index contributed by atoms with van der Waals surface area (Å²) in [7, 11) is 3.73. The van der Waals surface area contributed by atoms with Gasteiger partial charge in [-0.1, -0.05) is 32.9 Å². The number of fused-ring (bicyclic) bond motifs is 5. The van der Waals surface area contributed by atoms with Crippen LogP contribution in [0.5, 0.6) is 0 Å². The number of cyclic esters (lactones) is 1. The Hall–Kier alpha value is -3.78. The molecule has 3 fully saturated rings. The van der Waals surface area contributed by atoms with Crippen molar-refractivity contribution in [2.75, 3.05) is 27.3 Å². The van der Waals surface area contributed by atoms with Crippen LogP contribution >= 0.6 is 0 Å². The minimum Gasteiger partial charge on any atom is -0.459 e. The number of aliphatic hydroxyl groups is 2. The van der Waals surface area contributed by atoms with Gasteiger partial charge in [0.15, 0.2) is 17.7 Å². The van der Waals surface area contributed by atoms with Crippen molar-refractivity contribution in [1.82, 2.24) is 24.4 Å². The number of rotatable bonds is 7. The van der Waals surface area contributed by atoms with E-state index in [2.05, 4.69) is 20.1 Å². The highest BCUT2D eigenvalue weighted by Crippen LogP contribution is 2.40. The molecule has 2 aromatic heterocycles. The van der Waals surface area contributed by atoms with Gasteiger partial charge in [-0.25, -0.2) is 19.9 Å². The maximum Gasteiger partial charge on any atom is 0.316 e. The third kappa shape index (κ3) is 9.28. The molecule has 1 unspecified atom stereocenters. The number of carbonyl (C=O) groups is 3. The zero-order chi connectivity index (χ0) is 43.0. The first kappa shape index (κ1) is 44.8. The number of carbonyl (C=O) groups excluding carboxylic acids is 3. The van der Waals surface area contributed by atoms with Crippen LogP contribution in [0, 0.1) is 23.7 Å². The number of ether oxygens (including phenoxy) is 5. The van der Waals surface area contributed by atoms with Crippen LogP contribution in [0.3, 0.4) is 0 Å². The Morgan fingerprint density at radius 2 is 1.80 bits per heavy atom. The van der Waals surface area contributed by atoms with Gasteiger partial charge in [0.2, 0.25) is 6.10 Å². The molecule has 3 saturated heterocycles. The van der Waals surface area contributed by atoms with Crippen molar-refractivity contribution < 1.29 is 53.1 Å². The predicted molar refractivity (Wildman–Crippen MR) is 213 cm³/mol. The second kappa shape index (κ2) is 18.1. The second-order valence-corrected chi connectivity index (χ2v) is 17.4. The number of esters is 1. The van der Waals surface area contributed by atoms with Crippen molar-refractivity contribution in [3.8, 4) is 0 Å². The van der Waals surface area contributed by atoms with Gasteiger partial charge in [-0.3, -0.25) is 14.4 Å². The number of hydrogen-bond acceptors (Lipinski definition) is 16. The van der Waals surface area contributed by atoms with Gasteiger partial charge in [0.25, 0.3) is 5.91 Å². The molecule has 14 atom stereocenters. The number of hydrogen-bond donors (Lipinski definition) is 2. The SMILES string of the molecule is CC[C@H]1OC(=O)[C@H](C)C(=O)[C@H](C)[C@@H](O[C@@H]2O[C@H](C)C[C@H](N(C)C)[C@H]2O)[C@@]2(C)C[C@@H](C)C3=NC(=O)C(CCn4cnc5cncnc54)O/N=C(\CO[C@@H]([C@@H]3C)[C@]1(C)O)CO2. The smallest absolute Gasteiger partial charge is 0.316 e. The lowest BCUT2D eigenvalue weighted by atomic mass is 9.73. The quantitative estimate of drug-likeness (QED) is 0.303. The third-order valence-electron chi connectivity index (χ3n) is 12.6. The van der Waals surface area contributed by atoms with E-state index in [1.165, 1.54) is 20.2 Å². The Bertz CT molecular complexity index is 1900. The molecule has 6 heterocycles. The summed E-state index contributed by atoms with van der Waals surface area (Å²) < 4.78 is 34.2. The monoisotopic (exact) mass is 827 g/mol. The van der Waals surface area contributed by atoms with Crippen molar-refractivity contribution in [3.05, 3.63) is 18.9 Å². The van der Waals surface area contributed by atoms with Crippen molar-refractivity contribution in [2.45, 2.75) is 148 Å². The predicted octanol–water partition coefficient (Wildman–Crippen LogP) is 2.51. The Morgan fingerprint density at radius 3 is 2.51 bits per heavy atom. The molecule has 18 nitrogen and oxygen atoms in total. The van der Waals surface area contributed by atoms with Gasteiger partial charge in [-0.15, -0.1) is 0 Å². The second-order valence-electron chi connectivity index (χ2n) is 17.4. The molecule has 0 aromatic carbocycles. The highest BCUT2D eigenvalue weighted by Gasteiger charge is 2.53. The van der Waals surface area contributed by atoms with Gasteiger partial charge in [-0.05, 0) is 67.0 Å². The van der Waals surface area contributed by atoms with E-state index in [9.17, 15) is 24.6 Å². The molecular weight excluding hydrogens is 766 g/mol. The van der Waals surface area contributed by atoms with Crippen LogP contribution < -0.4 is 0 Å². The van der Waals surface area contributed by atoms with E-state index in [1.54, 1.807) is 37.9 Å². The lowest BCUT2D eigenvalue weighted by Crippen LogP contribution is -2.60. The number of nitrogens with zero attached hydrogens (tertiary/aromatic N) is 7. The summed E-state index contributed by atoms with van der Waals surface area (Å²) in [6.45, 7) is 13.7. The first-order valence-corrected chi connectivity index (χ1v) is 20.7. The third-order valence-corrected chi connectivity index (χ3v) is 12.6. The van der Waals surface area contributed by atoms with Crippen molar-refractivity contribution >= 4 is 40.2 Å². The summed E-state index contributed by atoms with van der Waals surface area (Å²) in [5.41, 5.74) is -1.41. The Kier molecular flexibility index (Phi) is 13.7. The molecule has 4 aliphatic heterocycles. The van der Waals surface area contributed by atoms with E-state index in [4.69, 9.17) is 33.5 Å². The maximum absolute atomic E-state index is 14.5. The van der Waals surface area contributed by atoms with Crippen LogP contribution in [0.25, 0.3) is 11.2 Å². The number of Topliss-reactive ketones (excluding diaryl/α,β-unsaturated/α-hetero) is 1. The first-order chi connectivity index (χ1) is 27.9. The summed E-state index contributed by atoms with van der Waals surface area (Å²) in [5.74, 6) is -5.49. The van der Waals surface area contributed by atoms with Crippen LogP contribution in [0.1, 0.15) is 81.1 Å². The summed E-state index contributed by atoms with van der Waals surface area (Å²) >= 11 is 0. The molecule has 2 aromatic rings. The van der Waals surface area contributed by atoms with E-state index in [1.807, 2.05) is 39.8 Å². The zero-order valence-corrected chi connectivity index (χ0v) is 35.8. The van der Waals surface area contributed by atoms with Gasteiger partial charge >= 0.3 is 5.97 Å². The number of oxime groups is 1. The minimum atomic E-state index is -1.84. The standard InChI is InChI=1S/C41H61N7O11/c1-11-30-41(8,53)35-23(4)31-21(2)15-40(7,34(24(5)32(49)25(6)38(52)57-30)58-39-33(50)28(47(9)10)14-22(3)56-39)55-18-26(17-54-35)46-59-29(37(51)45-31)12-13-48-20-44-27-16-42-19-43-36(27)48/h16,19-25,28-30,33-35,39,50,53H,11-15,17-18H2,1-10H3/b45-31?,46-26+/t21-,22-,23-,24+,25-,28+,29?,30-,33-,34-,35+,39+,40-,41-/m1/s1. The van der Waals surface area contributed by atoms with Gasteiger partial charge in [0, 0.05) is 36.6 Å². The van der Waals surface area contributed by atoms with Gasteiger partial charge in [0.05, 0.1) is 49.7 Å². The molecule has 0 spiro atoms. The van der Waals surface area contributed by atoms with Crippen molar-refractivity contribution in [1.29, 1.82) is 0 Å². The summed E-state index contributed by atoms with van der Waals surface area (Å²) in [5, 5.41) is 28.5. The molecule has 0 saturated carbocycles. The van der Waals surface area contributed by atoms with Crippen LogP contribution in [0.2, 0.25) is 0 Å². The van der Waals surface area contributed by atoms with E-state index < -0.39 is 89.3 Å². The van der Waals surface area contributed by atoms with Crippen LogP contribution in [0.15, 0.2) is 29.0 Å². The van der Waals surface area contributed by atoms with E-state index >= 15 is 0 Å². The Labute approximate surface area is 345 Å². The lowest BCUT2D eigenvalue weighted by Gasteiger charge is -2.47. The number of aryl methyl sites for hydroxylation is 1. The largest absolute Gasteiger partial charge is 0.459 e. The molecule has 1 amide bonds. The van der Waals surface area contributed by atoms with Gasteiger partial charge < -0.3 is 48.2 Å². The number of aliphatic imine (C=N–C) groups is 1. The lowest BCUT2D eigenvalue weighted by molar-refractivity contribution is -0.296. The van der Waals surface area contributed by atoms with Gasteiger partial charge in [-0.2, -0.15) is 0 Å². The molecule has 18 heteroatoms. The maximum atomic E-state index is 14.5. The summed E-state index contributed by atoms with van der Waals surface area (Å²) in [4.78, 5) is 68.1. The van der Waals surface area contributed by atoms with E-state index in [0.29, 0.717) is 29.8 Å². The summed E-state index contributed by atoms with van der Waals surface area (Å²) in [6, 6.07) is -0.316. The topological polar surface area (TPSA) is 219 Å².